The molecule has 0 unspecified atom stereocenters. The van der Waals surface area contributed by atoms with Gasteiger partial charge in [-0.25, -0.2) is 4.57 Å². The average Bonchev–Trinajstić information content (AvgIpc) is 3.12. The predicted molar refractivity (Wildman–Crippen MR) is 102 cm³/mol. The maximum absolute atomic E-state index is 13.4. The van der Waals surface area contributed by atoms with Gasteiger partial charge in [0.15, 0.2) is 0 Å². The number of rotatable bonds is 10. The molecule has 2 heterocycles. The Kier molecular flexibility index (Phi) is 8.27. The van der Waals surface area contributed by atoms with Crippen molar-refractivity contribution in [2.24, 2.45) is 5.92 Å². The molecule has 0 N–H and O–H groups in total. The maximum atomic E-state index is 13.4. The average molecular weight is 397 g/mol. The second-order valence-electron chi connectivity index (χ2n) is 8.02. The van der Waals surface area contributed by atoms with Crippen molar-refractivity contribution >= 4 is 18.2 Å². The molecule has 2 aliphatic rings. The van der Waals surface area contributed by atoms with E-state index in [9.17, 15) is 4.57 Å². The predicted octanol–water partition coefficient (Wildman–Crippen LogP) is 3.56. The van der Waals surface area contributed by atoms with Gasteiger partial charge in [-0.2, -0.15) is 0 Å². The Hall–Kier alpha value is 0.380. The van der Waals surface area contributed by atoms with Gasteiger partial charge in [-0.05, 0) is 30.1 Å². The lowest BCUT2D eigenvalue weighted by atomic mass is 10.1. The fourth-order valence-electron chi connectivity index (χ4n) is 2.95. The summed E-state index contributed by atoms with van der Waals surface area (Å²) in [7, 11) is 6.37. The van der Waals surface area contributed by atoms with Crippen LogP contribution in [-0.2, 0) is 23.1 Å². The van der Waals surface area contributed by atoms with Crippen molar-refractivity contribution in [1.29, 1.82) is 0 Å². The SMILES string of the molecule is CC[C@H]1OCC[C@H]1O[P@](=O)(OC[C@H]1OCC[C@H]1C)SCC[N+](C)(C)C. The van der Waals surface area contributed by atoms with Crippen LogP contribution in [0.2, 0.25) is 0 Å². The van der Waals surface area contributed by atoms with E-state index in [1.54, 1.807) is 0 Å². The van der Waals surface area contributed by atoms with Crippen LogP contribution < -0.4 is 0 Å². The fourth-order valence-corrected chi connectivity index (χ4v) is 6.74. The van der Waals surface area contributed by atoms with Crippen LogP contribution in [0.3, 0.4) is 0 Å². The number of hydrogen-bond donors (Lipinski definition) is 0. The summed E-state index contributed by atoms with van der Waals surface area (Å²) in [6.07, 6.45) is 2.54. The van der Waals surface area contributed by atoms with Crippen LogP contribution in [0.5, 0.6) is 0 Å². The highest BCUT2D eigenvalue weighted by Gasteiger charge is 2.38. The van der Waals surface area contributed by atoms with Crippen LogP contribution in [0.15, 0.2) is 0 Å². The lowest BCUT2D eigenvalue weighted by Crippen LogP contribution is -2.36. The molecule has 0 amide bonds. The highest BCUT2D eigenvalue weighted by Crippen LogP contribution is 2.62. The van der Waals surface area contributed by atoms with Gasteiger partial charge in [-0.1, -0.05) is 13.8 Å². The second-order valence-corrected chi connectivity index (χ2v) is 12.2. The van der Waals surface area contributed by atoms with E-state index in [2.05, 4.69) is 35.0 Å². The quantitative estimate of drug-likeness (QED) is 0.416. The molecular formula is C17H35NO5PS+. The van der Waals surface area contributed by atoms with Crippen LogP contribution in [0, 0.1) is 5.92 Å². The minimum Gasteiger partial charge on any atom is -0.376 e. The maximum Gasteiger partial charge on any atom is 0.389 e. The molecule has 6 nitrogen and oxygen atoms in total. The zero-order chi connectivity index (χ0) is 18.5. The van der Waals surface area contributed by atoms with Gasteiger partial charge in [0.25, 0.3) is 0 Å². The number of quaternary nitrogens is 1. The van der Waals surface area contributed by atoms with E-state index in [-0.39, 0.29) is 18.3 Å². The van der Waals surface area contributed by atoms with Crippen LogP contribution in [0.4, 0.5) is 0 Å². The Morgan fingerprint density at radius 3 is 2.44 bits per heavy atom. The van der Waals surface area contributed by atoms with Crippen molar-refractivity contribution in [3.8, 4) is 0 Å². The third kappa shape index (κ3) is 7.13. The monoisotopic (exact) mass is 396 g/mol. The van der Waals surface area contributed by atoms with E-state index >= 15 is 0 Å². The normalized spacial score (nSPS) is 32.8. The molecule has 0 bridgehead atoms. The zero-order valence-electron chi connectivity index (χ0n) is 16.3. The van der Waals surface area contributed by atoms with E-state index in [1.807, 2.05) is 0 Å². The van der Waals surface area contributed by atoms with E-state index in [0.717, 1.165) is 42.6 Å². The molecule has 0 radical (unpaired) electrons. The van der Waals surface area contributed by atoms with E-state index in [1.165, 1.54) is 11.4 Å². The largest absolute Gasteiger partial charge is 0.389 e. The first-order chi connectivity index (χ1) is 11.7. The van der Waals surface area contributed by atoms with Crippen molar-refractivity contribution in [1.82, 2.24) is 0 Å². The van der Waals surface area contributed by atoms with Crippen LogP contribution in [-0.4, -0.2) is 76.1 Å². The summed E-state index contributed by atoms with van der Waals surface area (Å²) in [6, 6.07) is 0. The molecule has 148 valence electrons. The number of hydrogen-bond acceptors (Lipinski definition) is 6. The molecule has 2 aliphatic heterocycles. The Bertz CT molecular complexity index is 459. The summed E-state index contributed by atoms with van der Waals surface area (Å²) in [5, 5.41) is 0. The lowest BCUT2D eigenvalue weighted by Gasteiger charge is -2.27. The van der Waals surface area contributed by atoms with Gasteiger partial charge in [0, 0.05) is 19.6 Å². The molecule has 2 fully saturated rings. The summed E-state index contributed by atoms with van der Waals surface area (Å²) >= 11 is 1.32. The topological polar surface area (TPSA) is 54.0 Å². The highest BCUT2D eigenvalue weighted by atomic mass is 32.7. The zero-order valence-corrected chi connectivity index (χ0v) is 18.0. The van der Waals surface area contributed by atoms with Gasteiger partial charge >= 0.3 is 6.80 Å². The standard InChI is InChI=1S/C17H35NO5PS/c1-6-15-16(8-11-20-15)23-24(19,25-12-9-18(3,4)5)22-13-17-14(2)7-10-21-17/h14-17H,6-13H2,1-5H3/q+1/t14-,15-,16-,17-,24+/m1/s1. The van der Waals surface area contributed by atoms with Gasteiger partial charge in [-0.3, -0.25) is 9.05 Å². The number of nitrogens with zero attached hydrogens (tertiary/aromatic N) is 1. The molecule has 0 saturated carbocycles. The highest BCUT2D eigenvalue weighted by molar-refractivity contribution is 8.55. The first-order valence-electron chi connectivity index (χ1n) is 9.33. The molecule has 0 aliphatic carbocycles. The Labute approximate surface area is 156 Å². The molecular weight excluding hydrogens is 361 g/mol. The first kappa shape index (κ1) is 21.7. The third-order valence-electron chi connectivity index (χ3n) is 4.76. The molecule has 25 heavy (non-hydrogen) atoms. The lowest BCUT2D eigenvalue weighted by molar-refractivity contribution is -0.867. The van der Waals surface area contributed by atoms with E-state index in [4.69, 9.17) is 18.5 Å². The van der Waals surface area contributed by atoms with Crippen LogP contribution >= 0.6 is 18.2 Å². The third-order valence-corrected chi connectivity index (χ3v) is 8.51. The molecule has 5 atom stereocenters. The molecule has 2 saturated heterocycles. The summed E-state index contributed by atoms with van der Waals surface area (Å²) < 4.78 is 37.5. The second kappa shape index (κ2) is 9.54. The molecule has 0 aromatic rings. The smallest absolute Gasteiger partial charge is 0.376 e. The van der Waals surface area contributed by atoms with Crippen LogP contribution in [0.25, 0.3) is 0 Å². The molecule has 0 spiro atoms. The van der Waals surface area contributed by atoms with E-state index < -0.39 is 6.80 Å². The number of ether oxygens (including phenoxy) is 2. The summed E-state index contributed by atoms with van der Waals surface area (Å²) in [5.74, 6) is 1.16. The van der Waals surface area contributed by atoms with Gasteiger partial charge in [0.1, 0.15) is 0 Å². The Morgan fingerprint density at radius 2 is 1.84 bits per heavy atom. The van der Waals surface area contributed by atoms with Crippen LogP contribution in [0.1, 0.15) is 33.1 Å². The van der Waals surface area contributed by atoms with E-state index in [0.29, 0.717) is 19.1 Å². The van der Waals surface area contributed by atoms with Gasteiger partial charge in [-0.15, -0.1) is 0 Å². The van der Waals surface area contributed by atoms with Crippen molar-refractivity contribution in [3.05, 3.63) is 0 Å². The van der Waals surface area contributed by atoms with Gasteiger partial charge in [0.05, 0.1) is 58.4 Å². The minimum atomic E-state index is -3.24. The molecule has 0 aromatic heterocycles. The van der Waals surface area contributed by atoms with Crippen molar-refractivity contribution < 1.29 is 27.6 Å². The molecule has 8 heteroatoms. The molecule has 2 rings (SSSR count). The van der Waals surface area contributed by atoms with Gasteiger partial charge in [0.2, 0.25) is 0 Å². The molecule has 0 aromatic carbocycles. The Balaban J connectivity index is 1.95. The summed E-state index contributed by atoms with van der Waals surface area (Å²) in [5.41, 5.74) is 0. The fraction of sp³-hybridized carbons (Fsp3) is 1.00. The Morgan fingerprint density at radius 1 is 1.16 bits per heavy atom. The van der Waals surface area contributed by atoms with Crippen molar-refractivity contribution in [2.45, 2.75) is 51.4 Å². The summed E-state index contributed by atoms with van der Waals surface area (Å²) in [6.45, 7) is 3.62. The van der Waals surface area contributed by atoms with Crippen molar-refractivity contribution in [3.63, 3.8) is 0 Å². The first-order valence-corrected chi connectivity index (χ1v) is 12.5. The summed E-state index contributed by atoms with van der Waals surface area (Å²) in [4.78, 5) is 0. The van der Waals surface area contributed by atoms with Gasteiger partial charge < -0.3 is 14.0 Å². The minimum absolute atomic E-state index is 0.0116. The van der Waals surface area contributed by atoms with Crippen molar-refractivity contribution in [2.75, 3.05) is 53.3 Å².